The molecule has 0 amide bonds. The molecule has 0 aliphatic heterocycles. The van der Waals surface area contributed by atoms with E-state index in [4.69, 9.17) is 0 Å². The zero-order valence-corrected chi connectivity index (χ0v) is 11.6. The number of carboxylic acids is 1. The second-order valence-corrected chi connectivity index (χ2v) is 5.12. The summed E-state index contributed by atoms with van der Waals surface area (Å²) in [6.45, 7) is 0. The van der Waals surface area contributed by atoms with Crippen molar-refractivity contribution >= 4 is 17.7 Å². The van der Waals surface area contributed by atoms with Gasteiger partial charge >= 0.3 is 5.97 Å². The van der Waals surface area contributed by atoms with Crippen LogP contribution in [0, 0.1) is 0 Å². The van der Waals surface area contributed by atoms with Crippen molar-refractivity contribution in [3.8, 4) is 5.69 Å². The van der Waals surface area contributed by atoms with Crippen LogP contribution >= 0.6 is 11.8 Å². The molecule has 7 heteroatoms. The average Bonchev–Trinajstić information content (AvgIpc) is 2.96. The van der Waals surface area contributed by atoms with Gasteiger partial charge in [0.2, 0.25) is 5.16 Å². The maximum Gasteiger partial charge on any atom is 0.336 e. The number of benzene rings is 2. The minimum Gasteiger partial charge on any atom is -0.478 e. The van der Waals surface area contributed by atoms with E-state index in [1.807, 2.05) is 30.3 Å². The van der Waals surface area contributed by atoms with Crippen LogP contribution in [0.4, 0.5) is 0 Å². The first-order valence-corrected chi connectivity index (χ1v) is 6.91. The molecular formula is C14H10N4O2S. The van der Waals surface area contributed by atoms with Crippen molar-refractivity contribution in [2.75, 3.05) is 0 Å². The number of hydrogen-bond acceptors (Lipinski definition) is 5. The lowest BCUT2D eigenvalue weighted by molar-refractivity contribution is 0.0693. The SMILES string of the molecule is O=C(O)c1ccccc1Sc1nnnn1-c1ccccc1. The summed E-state index contributed by atoms with van der Waals surface area (Å²) in [5, 5.41) is 21.3. The number of hydrogen-bond donors (Lipinski definition) is 1. The Morgan fingerprint density at radius 1 is 1.05 bits per heavy atom. The van der Waals surface area contributed by atoms with Gasteiger partial charge in [0.25, 0.3) is 0 Å². The zero-order valence-electron chi connectivity index (χ0n) is 10.7. The largest absolute Gasteiger partial charge is 0.478 e. The van der Waals surface area contributed by atoms with E-state index in [1.54, 1.807) is 28.9 Å². The molecular weight excluding hydrogens is 288 g/mol. The van der Waals surface area contributed by atoms with Gasteiger partial charge in [-0.2, -0.15) is 4.68 Å². The number of aromatic carboxylic acids is 1. The van der Waals surface area contributed by atoms with Crippen molar-refractivity contribution in [2.45, 2.75) is 10.1 Å². The van der Waals surface area contributed by atoms with Crippen molar-refractivity contribution in [3.05, 3.63) is 60.2 Å². The molecule has 0 spiro atoms. The Hall–Kier alpha value is -2.67. The highest BCUT2D eigenvalue weighted by Gasteiger charge is 2.15. The molecule has 0 unspecified atom stereocenters. The summed E-state index contributed by atoms with van der Waals surface area (Å²) in [6, 6.07) is 16.2. The molecule has 1 N–H and O–H groups in total. The number of carbonyl (C=O) groups is 1. The van der Waals surface area contributed by atoms with E-state index in [-0.39, 0.29) is 5.56 Å². The summed E-state index contributed by atoms with van der Waals surface area (Å²) in [5.41, 5.74) is 1.04. The van der Waals surface area contributed by atoms with E-state index in [1.165, 1.54) is 11.8 Å². The van der Waals surface area contributed by atoms with Gasteiger partial charge < -0.3 is 5.11 Å². The smallest absolute Gasteiger partial charge is 0.336 e. The normalized spacial score (nSPS) is 10.5. The average molecular weight is 298 g/mol. The molecule has 104 valence electrons. The third kappa shape index (κ3) is 2.77. The minimum atomic E-state index is -0.975. The number of carboxylic acid groups (broad SMARTS) is 1. The van der Waals surface area contributed by atoms with Crippen LogP contribution in [0.1, 0.15) is 10.4 Å². The van der Waals surface area contributed by atoms with Crippen molar-refractivity contribution in [3.63, 3.8) is 0 Å². The fourth-order valence-electron chi connectivity index (χ4n) is 1.80. The zero-order chi connectivity index (χ0) is 14.7. The summed E-state index contributed by atoms with van der Waals surface area (Å²) >= 11 is 1.22. The molecule has 0 saturated carbocycles. The first kappa shape index (κ1) is 13.3. The molecule has 0 radical (unpaired) electrons. The lowest BCUT2D eigenvalue weighted by Crippen LogP contribution is -2.01. The Kier molecular flexibility index (Phi) is 3.65. The van der Waals surface area contributed by atoms with Gasteiger partial charge in [0.05, 0.1) is 11.3 Å². The number of nitrogens with zero attached hydrogens (tertiary/aromatic N) is 4. The van der Waals surface area contributed by atoms with Crippen LogP contribution in [0.25, 0.3) is 5.69 Å². The van der Waals surface area contributed by atoms with Gasteiger partial charge in [-0.25, -0.2) is 4.79 Å². The van der Waals surface area contributed by atoms with E-state index in [2.05, 4.69) is 15.5 Å². The minimum absolute atomic E-state index is 0.227. The van der Waals surface area contributed by atoms with Gasteiger partial charge in [0.15, 0.2) is 0 Å². The van der Waals surface area contributed by atoms with Crippen LogP contribution in [0.5, 0.6) is 0 Å². The van der Waals surface area contributed by atoms with Crippen LogP contribution in [0.2, 0.25) is 0 Å². The van der Waals surface area contributed by atoms with Crippen molar-refractivity contribution < 1.29 is 9.90 Å². The predicted molar refractivity (Wildman–Crippen MR) is 76.7 cm³/mol. The second-order valence-electron chi connectivity index (χ2n) is 4.11. The molecule has 1 heterocycles. The Labute approximate surface area is 124 Å². The molecule has 0 fully saturated rings. The number of aromatic nitrogens is 4. The summed E-state index contributed by atoms with van der Waals surface area (Å²) < 4.78 is 1.57. The molecule has 3 aromatic rings. The number of para-hydroxylation sites is 1. The Balaban J connectivity index is 1.98. The summed E-state index contributed by atoms with van der Waals surface area (Å²) in [6.07, 6.45) is 0. The van der Waals surface area contributed by atoms with Crippen LogP contribution in [-0.4, -0.2) is 31.3 Å². The molecule has 0 aliphatic carbocycles. The van der Waals surface area contributed by atoms with Gasteiger partial charge in [0, 0.05) is 4.90 Å². The van der Waals surface area contributed by atoms with E-state index in [0.29, 0.717) is 10.1 Å². The maximum atomic E-state index is 11.2. The molecule has 0 aliphatic rings. The van der Waals surface area contributed by atoms with Gasteiger partial charge in [-0.1, -0.05) is 30.3 Å². The fourth-order valence-corrected chi connectivity index (χ4v) is 2.72. The summed E-state index contributed by atoms with van der Waals surface area (Å²) in [4.78, 5) is 11.8. The van der Waals surface area contributed by atoms with E-state index >= 15 is 0 Å². The maximum absolute atomic E-state index is 11.2. The first-order chi connectivity index (χ1) is 10.3. The molecule has 21 heavy (non-hydrogen) atoms. The molecule has 0 bridgehead atoms. The third-order valence-corrected chi connectivity index (χ3v) is 3.77. The Morgan fingerprint density at radius 2 is 1.76 bits per heavy atom. The molecule has 1 aromatic heterocycles. The van der Waals surface area contributed by atoms with Crippen LogP contribution in [0.3, 0.4) is 0 Å². The number of rotatable bonds is 4. The van der Waals surface area contributed by atoms with Gasteiger partial charge in [-0.3, -0.25) is 0 Å². The Morgan fingerprint density at radius 3 is 2.52 bits per heavy atom. The monoisotopic (exact) mass is 298 g/mol. The number of tetrazole rings is 1. The molecule has 0 atom stereocenters. The van der Waals surface area contributed by atoms with Gasteiger partial charge in [-0.05, 0) is 46.5 Å². The standard InChI is InChI=1S/C14H10N4O2S/c19-13(20)11-8-4-5-9-12(11)21-14-15-16-17-18(14)10-6-2-1-3-7-10/h1-9H,(H,19,20). The summed E-state index contributed by atoms with van der Waals surface area (Å²) in [5.74, 6) is -0.975. The van der Waals surface area contributed by atoms with E-state index < -0.39 is 5.97 Å². The highest BCUT2D eigenvalue weighted by molar-refractivity contribution is 7.99. The van der Waals surface area contributed by atoms with Crippen LogP contribution in [-0.2, 0) is 0 Å². The van der Waals surface area contributed by atoms with Gasteiger partial charge in [-0.15, -0.1) is 5.10 Å². The molecule has 3 rings (SSSR count). The lowest BCUT2D eigenvalue weighted by atomic mass is 10.2. The quantitative estimate of drug-likeness (QED) is 0.797. The van der Waals surface area contributed by atoms with E-state index in [9.17, 15) is 9.90 Å². The predicted octanol–water partition coefficient (Wildman–Crippen LogP) is 2.51. The Bertz CT molecular complexity index is 773. The summed E-state index contributed by atoms with van der Waals surface area (Å²) in [7, 11) is 0. The lowest BCUT2D eigenvalue weighted by Gasteiger charge is -2.06. The third-order valence-electron chi connectivity index (χ3n) is 2.76. The highest BCUT2D eigenvalue weighted by Crippen LogP contribution is 2.29. The van der Waals surface area contributed by atoms with Gasteiger partial charge in [0.1, 0.15) is 0 Å². The first-order valence-electron chi connectivity index (χ1n) is 6.09. The fraction of sp³-hybridized carbons (Fsp3) is 0. The van der Waals surface area contributed by atoms with E-state index in [0.717, 1.165) is 5.69 Å². The van der Waals surface area contributed by atoms with Crippen molar-refractivity contribution in [1.29, 1.82) is 0 Å². The van der Waals surface area contributed by atoms with Crippen molar-refractivity contribution in [2.24, 2.45) is 0 Å². The molecule has 0 saturated heterocycles. The van der Waals surface area contributed by atoms with Crippen LogP contribution in [0.15, 0.2) is 64.6 Å². The highest BCUT2D eigenvalue weighted by atomic mass is 32.2. The topological polar surface area (TPSA) is 80.9 Å². The molecule has 6 nitrogen and oxygen atoms in total. The molecule has 2 aromatic carbocycles. The second kappa shape index (κ2) is 5.76. The van der Waals surface area contributed by atoms with Crippen LogP contribution < -0.4 is 0 Å². The van der Waals surface area contributed by atoms with Crippen molar-refractivity contribution in [1.82, 2.24) is 20.2 Å².